The smallest absolute Gasteiger partial charge is 0.244 e. The summed E-state index contributed by atoms with van der Waals surface area (Å²) in [6.45, 7) is 5.01. The van der Waals surface area contributed by atoms with E-state index in [1.807, 2.05) is 47.5 Å². The van der Waals surface area contributed by atoms with Crippen LogP contribution in [0.25, 0.3) is 22.3 Å². The van der Waals surface area contributed by atoms with Gasteiger partial charge in [0, 0.05) is 51.0 Å². The average molecular weight is 467 g/mol. The number of hydrogen-bond donors (Lipinski definition) is 1. The number of nitrogens with zero attached hydrogens (tertiary/aromatic N) is 5. The summed E-state index contributed by atoms with van der Waals surface area (Å²) in [4.78, 5) is 25.4. The van der Waals surface area contributed by atoms with Gasteiger partial charge in [0.05, 0.1) is 5.39 Å². The lowest BCUT2D eigenvalue weighted by atomic mass is 9.94. The normalized spacial score (nSPS) is 17.9. The van der Waals surface area contributed by atoms with Gasteiger partial charge in [-0.15, -0.1) is 0 Å². The Morgan fingerprint density at radius 1 is 0.943 bits per heavy atom. The van der Waals surface area contributed by atoms with E-state index in [9.17, 15) is 4.79 Å². The van der Waals surface area contributed by atoms with E-state index in [-0.39, 0.29) is 11.9 Å². The first-order valence-electron chi connectivity index (χ1n) is 12.4. The fourth-order valence-corrected chi connectivity index (χ4v) is 5.44. The molecule has 7 heteroatoms. The number of carbonyl (C=O) groups excluding carboxylic acids is 1. The first kappa shape index (κ1) is 21.9. The minimum Gasteiger partial charge on any atom is -0.336 e. The molecule has 2 aliphatic rings. The topological polar surface area (TPSA) is 68.4 Å². The molecule has 35 heavy (non-hydrogen) atoms. The van der Waals surface area contributed by atoms with Gasteiger partial charge in [-0.05, 0) is 30.2 Å². The van der Waals surface area contributed by atoms with Gasteiger partial charge in [0.1, 0.15) is 11.7 Å². The molecule has 6 rings (SSSR count). The van der Waals surface area contributed by atoms with E-state index < -0.39 is 0 Å². The third-order valence-electron chi connectivity index (χ3n) is 7.39. The van der Waals surface area contributed by atoms with Crippen molar-refractivity contribution in [2.75, 3.05) is 39.8 Å². The fraction of sp³-hybridized carbons (Fsp3) is 0.321. The Morgan fingerprint density at radius 3 is 2.40 bits per heavy atom. The SMILES string of the molecule is CN1CCN(C(C(=O)N2CCc3c(cnc4[nH]nc(-c5ccccc5)c34)C2)c2ccccc2)CC1. The van der Waals surface area contributed by atoms with Crippen LogP contribution in [0.2, 0.25) is 0 Å². The highest BCUT2D eigenvalue weighted by atomic mass is 16.2. The van der Waals surface area contributed by atoms with Crippen LogP contribution in [0.1, 0.15) is 22.7 Å². The van der Waals surface area contributed by atoms with Crippen LogP contribution in [0, 0.1) is 0 Å². The van der Waals surface area contributed by atoms with Crippen molar-refractivity contribution in [1.29, 1.82) is 0 Å². The molecule has 1 unspecified atom stereocenters. The van der Waals surface area contributed by atoms with E-state index in [1.54, 1.807) is 0 Å². The van der Waals surface area contributed by atoms with Crippen LogP contribution in [-0.2, 0) is 17.8 Å². The quantitative estimate of drug-likeness (QED) is 0.499. The number of benzene rings is 2. The van der Waals surface area contributed by atoms with Crippen LogP contribution in [0.5, 0.6) is 0 Å². The van der Waals surface area contributed by atoms with Crippen molar-refractivity contribution in [1.82, 2.24) is 29.9 Å². The first-order valence-corrected chi connectivity index (χ1v) is 12.4. The summed E-state index contributed by atoms with van der Waals surface area (Å²) in [7, 11) is 2.14. The summed E-state index contributed by atoms with van der Waals surface area (Å²) >= 11 is 0. The van der Waals surface area contributed by atoms with Gasteiger partial charge in [0.25, 0.3) is 0 Å². The van der Waals surface area contributed by atoms with Crippen molar-refractivity contribution >= 4 is 16.9 Å². The molecule has 2 aromatic carbocycles. The van der Waals surface area contributed by atoms with Gasteiger partial charge in [-0.3, -0.25) is 14.8 Å². The number of piperazine rings is 1. The minimum atomic E-state index is -0.253. The zero-order chi connectivity index (χ0) is 23.8. The van der Waals surface area contributed by atoms with E-state index in [2.05, 4.69) is 56.3 Å². The Bertz CT molecular complexity index is 1330. The molecule has 0 saturated carbocycles. The van der Waals surface area contributed by atoms with E-state index in [4.69, 9.17) is 0 Å². The van der Waals surface area contributed by atoms with Crippen molar-refractivity contribution in [2.45, 2.75) is 19.0 Å². The molecule has 0 spiro atoms. The van der Waals surface area contributed by atoms with Crippen LogP contribution in [-0.4, -0.2) is 75.6 Å². The van der Waals surface area contributed by atoms with Gasteiger partial charge in [0.15, 0.2) is 5.65 Å². The third kappa shape index (κ3) is 4.11. The standard InChI is InChI=1S/C28H30N6O/c1-32-14-16-33(17-15-32)26(21-10-6-3-7-11-21)28(35)34-13-12-23-22(19-34)18-29-27-24(23)25(30-31-27)20-8-4-2-5-9-20/h2-11,18,26H,12-17,19H2,1H3,(H,29,30,31). The molecule has 0 radical (unpaired) electrons. The van der Waals surface area contributed by atoms with Gasteiger partial charge in [-0.25, -0.2) is 4.98 Å². The van der Waals surface area contributed by atoms with Crippen molar-refractivity contribution in [3.63, 3.8) is 0 Å². The summed E-state index contributed by atoms with van der Waals surface area (Å²) in [6.07, 6.45) is 2.71. The summed E-state index contributed by atoms with van der Waals surface area (Å²) in [6, 6.07) is 20.2. The van der Waals surface area contributed by atoms with E-state index in [0.717, 1.165) is 66.0 Å². The Kier molecular flexibility index (Phi) is 5.80. The number of aromatic nitrogens is 3. The largest absolute Gasteiger partial charge is 0.336 e. The number of likely N-dealkylation sites (N-methyl/N-ethyl adjacent to an activating group) is 1. The molecule has 0 bridgehead atoms. The van der Waals surface area contributed by atoms with Gasteiger partial charge in [-0.1, -0.05) is 60.7 Å². The fourth-order valence-electron chi connectivity index (χ4n) is 5.44. The molecule has 0 aliphatic carbocycles. The molecule has 4 aromatic rings. The highest BCUT2D eigenvalue weighted by Gasteiger charge is 2.34. The number of H-pyrrole nitrogens is 1. The van der Waals surface area contributed by atoms with E-state index >= 15 is 0 Å². The highest BCUT2D eigenvalue weighted by Crippen LogP contribution is 2.34. The Labute approximate surface area is 205 Å². The lowest BCUT2D eigenvalue weighted by molar-refractivity contribution is -0.139. The molecule has 178 valence electrons. The molecule has 2 aromatic heterocycles. The summed E-state index contributed by atoms with van der Waals surface area (Å²) in [5, 5.41) is 8.77. The Morgan fingerprint density at radius 2 is 1.66 bits per heavy atom. The maximum absolute atomic E-state index is 14.0. The monoisotopic (exact) mass is 466 g/mol. The van der Waals surface area contributed by atoms with E-state index in [0.29, 0.717) is 13.1 Å². The molecule has 4 heterocycles. The maximum atomic E-state index is 14.0. The number of amides is 1. The number of aromatic amines is 1. The second kappa shape index (κ2) is 9.24. The summed E-state index contributed by atoms with van der Waals surface area (Å²) in [5.41, 5.74) is 6.25. The molecule has 2 aliphatic heterocycles. The highest BCUT2D eigenvalue weighted by molar-refractivity contribution is 5.94. The molecular weight excluding hydrogens is 436 g/mol. The Balaban J connectivity index is 1.32. The summed E-state index contributed by atoms with van der Waals surface area (Å²) in [5.74, 6) is 0.182. The molecule has 1 N–H and O–H groups in total. The molecule has 1 amide bonds. The Hall–Kier alpha value is -3.55. The van der Waals surface area contributed by atoms with Crippen LogP contribution in [0.4, 0.5) is 0 Å². The lowest BCUT2D eigenvalue weighted by Gasteiger charge is -2.40. The second-order valence-electron chi connectivity index (χ2n) is 9.59. The van der Waals surface area contributed by atoms with Gasteiger partial charge >= 0.3 is 0 Å². The molecule has 1 fully saturated rings. The zero-order valence-electron chi connectivity index (χ0n) is 20.0. The zero-order valence-corrected chi connectivity index (χ0v) is 20.0. The van der Waals surface area contributed by atoms with Crippen LogP contribution in [0.3, 0.4) is 0 Å². The molecule has 7 nitrogen and oxygen atoms in total. The number of hydrogen-bond acceptors (Lipinski definition) is 5. The number of nitrogens with one attached hydrogen (secondary N) is 1. The predicted octanol–water partition coefficient (Wildman–Crippen LogP) is 3.50. The second-order valence-corrected chi connectivity index (χ2v) is 9.59. The third-order valence-corrected chi connectivity index (χ3v) is 7.39. The minimum absolute atomic E-state index is 0.182. The van der Waals surface area contributed by atoms with Gasteiger partial charge in [0.2, 0.25) is 5.91 Å². The van der Waals surface area contributed by atoms with Crippen LogP contribution in [0.15, 0.2) is 66.9 Å². The number of fused-ring (bicyclic) bond motifs is 3. The molecular formula is C28H30N6O. The van der Waals surface area contributed by atoms with E-state index in [1.165, 1.54) is 5.56 Å². The number of rotatable bonds is 4. The number of pyridine rings is 1. The van der Waals surface area contributed by atoms with Crippen LogP contribution >= 0.6 is 0 Å². The van der Waals surface area contributed by atoms with Crippen molar-refractivity contribution < 1.29 is 4.79 Å². The molecule has 1 atom stereocenters. The summed E-state index contributed by atoms with van der Waals surface area (Å²) < 4.78 is 0. The average Bonchev–Trinajstić information content (AvgIpc) is 3.35. The van der Waals surface area contributed by atoms with Gasteiger partial charge in [-0.2, -0.15) is 5.10 Å². The van der Waals surface area contributed by atoms with Crippen molar-refractivity contribution in [2.24, 2.45) is 0 Å². The molecule has 1 saturated heterocycles. The first-order chi connectivity index (χ1) is 17.2. The lowest BCUT2D eigenvalue weighted by Crippen LogP contribution is -2.51. The predicted molar refractivity (Wildman–Crippen MR) is 137 cm³/mol. The van der Waals surface area contributed by atoms with Crippen LogP contribution < -0.4 is 0 Å². The van der Waals surface area contributed by atoms with Crippen molar-refractivity contribution in [3.8, 4) is 11.3 Å². The maximum Gasteiger partial charge on any atom is 0.244 e. The van der Waals surface area contributed by atoms with Gasteiger partial charge < -0.3 is 9.80 Å². The van der Waals surface area contributed by atoms with Crippen molar-refractivity contribution in [3.05, 3.63) is 83.6 Å². The number of carbonyl (C=O) groups is 1.